The Morgan fingerprint density at radius 2 is 1.28 bits per heavy atom. The smallest absolute Gasteiger partial charge is 0.171 e. The molecule has 0 aliphatic heterocycles. The Bertz CT molecular complexity index is 292. The van der Waals surface area contributed by atoms with Crippen LogP contribution in [0.3, 0.4) is 0 Å². The maximum atomic E-state index is 13.0. The van der Waals surface area contributed by atoms with Gasteiger partial charge in [-0.1, -0.05) is 19.3 Å². The summed E-state index contributed by atoms with van der Waals surface area (Å²) in [5.41, 5.74) is 0. The quantitative estimate of drug-likeness (QED) is 0.549. The molecule has 0 nitrogen and oxygen atoms in total. The van der Waals surface area contributed by atoms with Gasteiger partial charge in [-0.25, -0.2) is 0 Å². The highest BCUT2D eigenvalue weighted by Crippen LogP contribution is 2.56. The first kappa shape index (κ1) is 14.0. The molecule has 0 N–H and O–H groups in total. The van der Waals surface area contributed by atoms with Crippen molar-refractivity contribution in [1.29, 1.82) is 0 Å². The van der Waals surface area contributed by atoms with Crippen LogP contribution in [-0.2, 0) is 0 Å². The molecule has 4 atom stereocenters. The van der Waals surface area contributed by atoms with Gasteiger partial charge < -0.3 is 0 Å². The van der Waals surface area contributed by atoms with Crippen molar-refractivity contribution in [3.05, 3.63) is 0 Å². The van der Waals surface area contributed by atoms with Gasteiger partial charge in [-0.15, -0.1) is 0 Å². The molecule has 2 fully saturated rings. The van der Waals surface area contributed by atoms with Crippen LogP contribution in [-0.4, -0.2) is 12.4 Å². The zero-order chi connectivity index (χ0) is 13.6. The van der Waals surface area contributed by atoms with Crippen LogP contribution in [0, 0.1) is 23.7 Å². The van der Waals surface area contributed by atoms with E-state index in [1.807, 2.05) is 0 Å². The molecule has 6 heteroatoms. The number of fused-ring (bicyclic) bond motifs is 1. The molecule has 4 unspecified atom stereocenters. The summed E-state index contributed by atoms with van der Waals surface area (Å²) >= 11 is 0. The van der Waals surface area contributed by atoms with Gasteiger partial charge in [0.1, 0.15) is 0 Å². The first-order chi connectivity index (χ1) is 8.21. The largest absolute Gasteiger partial charge is 0.392 e. The third-order valence-corrected chi connectivity index (χ3v) is 4.51. The van der Waals surface area contributed by atoms with Crippen molar-refractivity contribution < 1.29 is 26.3 Å². The van der Waals surface area contributed by atoms with Crippen LogP contribution in [0.25, 0.3) is 0 Å². The highest BCUT2D eigenvalue weighted by molar-refractivity contribution is 4.95. The minimum atomic E-state index is -4.74. The third-order valence-electron chi connectivity index (χ3n) is 4.51. The van der Waals surface area contributed by atoms with Crippen molar-refractivity contribution in [3.63, 3.8) is 0 Å². The fraction of sp³-hybridized carbons (Fsp3) is 1.00. The summed E-state index contributed by atoms with van der Waals surface area (Å²) in [6.07, 6.45) is -7.12. The molecule has 2 aliphatic rings. The molecule has 18 heavy (non-hydrogen) atoms. The number of rotatable bonds is 0. The van der Waals surface area contributed by atoms with E-state index in [1.165, 1.54) is 0 Å². The summed E-state index contributed by atoms with van der Waals surface area (Å²) in [6, 6.07) is 0. The molecular weight excluding hydrogens is 258 g/mol. The average Bonchev–Trinajstić information content (AvgIpc) is 2.24. The summed E-state index contributed by atoms with van der Waals surface area (Å²) in [7, 11) is 0. The van der Waals surface area contributed by atoms with E-state index in [0.717, 1.165) is 6.42 Å². The predicted molar refractivity (Wildman–Crippen MR) is 53.8 cm³/mol. The van der Waals surface area contributed by atoms with Crippen LogP contribution in [0.5, 0.6) is 0 Å². The number of hydrogen-bond acceptors (Lipinski definition) is 0. The molecule has 2 rings (SSSR count). The molecule has 0 spiro atoms. The first-order valence-electron chi connectivity index (χ1n) is 6.34. The van der Waals surface area contributed by atoms with Gasteiger partial charge in [-0.05, 0) is 31.1 Å². The standard InChI is InChI=1S/C12H16F6/c13-11(14,15)9-6-5-7-3-1-2-4-8(7)10(9)12(16,17)18/h7-10H,1-6H2. The lowest BCUT2D eigenvalue weighted by atomic mass is 9.61. The van der Waals surface area contributed by atoms with E-state index >= 15 is 0 Å². The van der Waals surface area contributed by atoms with Gasteiger partial charge in [-0.3, -0.25) is 0 Å². The van der Waals surface area contributed by atoms with Gasteiger partial charge in [-0.2, -0.15) is 26.3 Å². The molecule has 0 heterocycles. The second kappa shape index (κ2) is 4.60. The SMILES string of the molecule is FC(F)(F)C1CCC2CCCCC2C1C(F)(F)F. The molecule has 0 aromatic carbocycles. The lowest BCUT2D eigenvalue weighted by Gasteiger charge is -2.46. The second-order valence-corrected chi connectivity index (χ2v) is 5.50. The van der Waals surface area contributed by atoms with Crippen molar-refractivity contribution in [2.75, 3.05) is 0 Å². The van der Waals surface area contributed by atoms with Gasteiger partial charge in [0.2, 0.25) is 0 Å². The summed E-state index contributed by atoms with van der Waals surface area (Å²) in [5.74, 6) is -5.36. The zero-order valence-corrected chi connectivity index (χ0v) is 9.82. The highest BCUT2D eigenvalue weighted by Gasteiger charge is 2.60. The van der Waals surface area contributed by atoms with Crippen molar-refractivity contribution in [2.24, 2.45) is 23.7 Å². The fourth-order valence-electron chi connectivity index (χ4n) is 3.78. The second-order valence-electron chi connectivity index (χ2n) is 5.50. The Morgan fingerprint density at radius 3 is 1.83 bits per heavy atom. The van der Waals surface area contributed by atoms with E-state index in [0.29, 0.717) is 25.7 Å². The van der Waals surface area contributed by atoms with E-state index < -0.39 is 30.1 Å². The average molecular weight is 274 g/mol. The Morgan fingerprint density at radius 1 is 0.667 bits per heavy atom. The van der Waals surface area contributed by atoms with Crippen LogP contribution in [0.15, 0.2) is 0 Å². The minimum absolute atomic E-state index is 0.163. The molecule has 2 aliphatic carbocycles. The van der Waals surface area contributed by atoms with E-state index in [2.05, 4.69) is 0 Å². The van der Waals surface area contributed by atoms with Crippen LogP contribution in [0.2, 0.25) is 0 Å². The molecule has 0 radical (unpaired) electrons. The topological polar surface area (TPSA) is 0 Å². The summed E-state index contributed by atoms with van der Waals surface area (Å²) in [6.45, 7) is 0. The molecule has 0 aromatic rings. The van der Waals surface area contributed by atoms with Gasteiger partial charge >= 0.3 is 12.4 Å². The number of hydrogen-bond donors (Lipinski definition) is 0. The molecule has 106 valence electrons. The highest BCUT2D eigenvalue weighted by atomic mass is 19.4. The monoisotopic (exact) mass is 274 g/mol. The first-order valence-corrected chi connectivity index (χ1v) is 6.34. The Kier molecular flexibility index (Phi) is 3.58. The van der Waals surface area contributed by atoms with E-state index in [9.17, 15) is 26.3 Å². The molecule has 2 saturated carbocycles. The summed E-state index contributed by atoms with van der Waals surface area (Å²) < 4.78 is 77.3. The third kappa shape index (κ3) is 2.62. The zero-order valence-electron chi connectivity index (χ0n) is 9.82. The Balaban J connectivity index is 2.28. The normalized spacial score (nSPS) is 38.3. The molecule has 0 bridgehead atoms. The van der Waals surface area contributed by atoms with Crippen molar-refractivity contribution in [1.82, 2.24) is 0 Å². The van der Waals surface area contributed by atoms with Gasteiger partial charge in [0, 0.05) is 0 Å². The minimum Gasteiger partial charge on any atom is -0.171 e. The van der Waals surface area contributed by atoms with Crippen molar-refractivity contribution in [3.8, 4) is 0 Å². The van der Waals surface area contributed by atoms with E-state index in [4.69, 9.17) is 0 Å². The van der Waals surface area contributed by atoms with Crippen molar-refractivity contribution >= 4 is 0 Å². The van der Waals surface area contributed by atoms with Crippen LogP contribution in [0.4, 0.5) is 26.3 Å². The van der Waals surface area contributed by atoms with Crippen molar-refractivity contribution in [2.45, 2.75) is 50.9 Å². The van der Waals surface area contributed by atoms with Gasteiger partial charge in [0.25, 0.3) is 0 Å². The lowest BCUT2D eigenvalue weighted by Crippen LogP contribution is -2.49. The van der Waals surface area contributed by atoms with E-state index in [-0.39, 0.29) is 12.3 Å². The molecular formula is C12H16F6. The van der Waals surface area contributed by atoms with E-state index in [1.54, 1.807) is 0 Å². The lowest BCUT2D eigenvalue weighted by molar-refractivity contribution is -0.282. The summed E-state index contributed by atoms with van der Waals surface area (Å²) in [5, 5.41) is 0. The molecule has 0 saturated heterocycles. The Labute approximate surface area is 102 Å². The fourth-order valence-corrected chi connectivity index (χ4v) is 3.78. The van der Waals surface area contributed by atoms with Crippen LogP contribution < -0.4 is 0 Å². The van der Waals surface area contributed by atoms with Crippen LogP contribution >= 0.6 is 0 Å². The maximum absolute atomic E-state index is 13.0. The predicted octanol–water partition coefficient (Wildman–Crippen LogP) is 4.94. The molecule has 0 amide bonds. The van der Waals surface area contributed by atoms with Gasteiger partial charge in [0.15, 0.2) is 0 Å². The van der Waals surface area contributed by atoms with Crippen LogP contribution in [0.1, 0.15) is 38.5 Å². The number of alkyl halides is 6. The summed E-state index contributed by atoms with van der Waals surface area (Å²) in [4.78, 5) is 0. The number of halogens is 6. The van der Waals surface area contributed by atoms with Gasteiger partial charge in [0.05, 0.1) is 11.8 Å². The Hall–Kier alpha value is -0.420. The maximum Gasteiger partial charge on any atom is 0.392 e. The molecule has 0 aromatic heterocycles.